The summed E-state index contributed by atoms with van der Waals surface area (Å²) in [5.41, 5.74) is 4.57. The number of fused-ring (bicyclic) bond motifs is 3. The molecule has 2 amide bonds. The lowest BCUT2D eigenvalue weighted by atomic mass is 9.95. The number of nitrogens with one attached hydrogen (secondary N) is 1. The van der Waals surface area contributed by atoms with E-state index >= 15 is 0 Å². The molecule has 1 aromatic carbocycles. The van der Waals surface area contributed by atoms with Gasteiger partial charge in [-0.3, -0.25) is 9.59 Å². The topological polar surface area (TPSA) is 87.7 Å². The van der Waals surface area contributed by atoms with Crippen molar-refractivity contribution in [1.29, 1.82) is 0 Å². The molecule has 34 heavy (non-hydrogen) atoms. The summed E-state index contributed by atoms with van der Waals surface area (Å²) < 4.78 is 5.74. The van der Waals surface area contributed by atoms with Crippen molar-refractivity contribution in [2.24, 2.45) is 0 Å². The third-order valence-corrected chi connectivity index (χ3v) is 6.94. The number of hydrogen-bond donors (Lipinski definition) is 1. The SMILES string of the molecule is CN1CCC(c2ccc(-c3ccc(Nc4cnc5c(c4)N4C(=O)CC[C@@H]4CO5)nc3)cc2)C1=O. The molecule has 2 aromatic heterocycles. The quantitative estimate of drug-likeness (QED) is 0.645. The monoisotopic (exact) mass is 455 g/mol. The molecule has 8 heteroatoms. The lowest BCUT2D eigenvalue weighted by Crippen LogP contribution is -2.40. The Kier molecular flexibility index (Phi) is 4.94. The predicted octanol–water partition coefficient (Wildman–Crippen LogP) is 3.72. The first-order valence-corrected chi connectivity index (χ1v) is 11.6. The fourth-order valence-electron chi connectivity index (χ4n) is 5.03. The van der Waals surface area contributed by atoms with Crippen LogP contribution in [0.1, 0.15) is 30.7 Å². The van der Waals surface area contributed by atoms with E-state index in [1.165, 1.54) is 0 Å². The molecule has 0 spiro atoms. The molecule has 2 fully saturated rings. The molecule has 3 aliphatic rings. The highest BCUT2D eigenvalue weighted by Gasteiger charge is 2.38. The summed E-state index contributed by atoms with van der Waals surface area (Å²) >= 11 is 0. The summed E-state index contributed by atoms with van der Waals surface area (Å²) in [7, 11) is 1.86. The molecule has 0 saturated carbocycles. The van der Waals surface area contributed by atoms with Gasteiger partial charge in [-0.05, 0) is 42.2 Å². The summed E-state index contributed by atoms with van der Waals surface area (Å²) in [6.07, 6.45) is 5.74. The number of carbonyl (C=O) groups is 2. The van der Waals surface area contributed by atoms with Crippen molar-refractivity contribution in [2.45, 2.75) is 31.2 Å². The molecule has 5 heterocycles. The first kappa shape index (κ1) is 20.7. The highest BCUT2D eigenvalue weighted by molar-refractivity contribution is 5.98. The molecule has 1 N–H and O–H groups in total. The first-order chi connectivity index (χ1) is 16.6. The van der Waals surface area contributed by atoms with Gasteiger partial charge in [0.05, 0.1) is 23.8 Å². The van der Waals surface area contributed by atoms with Gasteiger partial charge in [-0.15, -0.1) is 0 Å². The molecule has 3 aliphatic heterocycles. The minimum atomic E-state index is -0.0366. The number of aromatic nitrogens is 2. The molecular formula is C26H25N5O3. The van der Waals surface area contributed by atoms with Crippen molar-refractivity contribution < 1.29 is 14.3 Å². The van der Waals surface area contributed by atoms with E-state index in [1.807, 2.05) is 60.6 Å². The number of benzene rings is 1. The van der Waals surface area contributed by atoms with E-state index in [-0.39, 0.29) is 23.8 Å². The van der Waals surface area contributed by atoms with E-state index in [0.29, 0.717) is 30.4 Å². The Balaban J connectivity index is 1.17. The van der Waals surface area contributed by atoms with Crippen LogP contribution in [-0.4, -0.2) is 52.9 Å². The summed E-state index contributed by atoms with van der Waals surface area (Å²) in [6.45, 7) is 1.31. The van der Waals surface area contributed by atoms with Gasteiger partial charge in [0, 0.05) is 31.8 Å². The minimum absolute atomic E-state index is 0.0366. The van der Waals surface area contributed by atoms with Gasteiger partial charge in [0.15, 0.2) is 0 Å². The van der Waals surface area contributed by atoms with Crippen LogP contribution in [-0.2, 0) is 9.59 Å². The normalized spacial score (nSPS) is 21.3. The van der Waals surface area contributed by atoms with Crippen LogP contribution in [0.15, 0.2) is 54.9 Å². The zero-order chi connectivity index (χ0) is 23.2. The largest absolute Gasteiger partial charge is 0.474 e. The van der Waals surface area contributed by atoms with Crippen LogP contribution in [0, 0.1) is 0 Å². The van der Waals surface area contributed by atoms with Gasteiger partial charge in [-0.2, -0.15) is 0 Å². The Morgan fingerprint density at radius 3 is 2.56 bits per heavy atom. The Morgan fingerprint density at radius 1 is 1.00 bits per heavy atom. The maximum atomic E-state index is 12.3. The van der Waals surface area contributed by atoms with E-state index < -0.39 is 0 Å². The van der Waals surface area contributed by atoms with Crippen LogP contribution in [0.4, 0.5) is 17.2 Å². The molecule has 6 rings (SSSR count). The molecule has 0 radical (unpaired) electrons. The van der Waals surface area contributed by atoms with E-state index in [1.54, 1.807) is 11.1 Å². The van der Waals surface area contributed by atoms with Gasteiger partial charge in [-0.1, -0.05) is 24.3 Å². The second kappa shape index (κ2) is 8.13. The van der Waals surface area contributed by atoms with Crippen molar-refractivity contribution in [1.82, 2.24) is 14.9 Å². The number of carbonyl (C=O) groups excluding carboxylic acids is 2. The Morgan fingerprint density at radius 2 is 1.82 bits per heavy atom. The first-order valence-electron chi connectivity index (χ1n) is 11.6. The fraction of sp³-hybridized carbons (Fsp3) is 0.308. The van der Waals surface area contributed by atoms with E-state index in [4.69, 9.17) is 4.74 Å². The number of amides is 2. The van der Waals surface area contributed by atoms with Crippen LogP contribution in [0.2, 0.25) is 0 Å². The van der Waals surface area contributed by atoms with E-state index in [0.717, 1.165) is 41.8 Å². The highest BCUT2D eigenvalue weighted by atomic mass is 16.5. The number of likely N-dealkylation sites (tertiary alicyclic amines) is 1. The summed E-state index contributed by atoms with van der Waals surface area (Å²) in [5.74, 6) is 1.45. The van der Waals surface area contributed by atoms with Crippen molar-refractivity contribution in [3.05, 3.63) is 60.4 Å². The van der Waals surface area contributed by atoms with Crippen molar-refractivity contribution in [2.75, 3.05) is 30.4 Å². The number of nitrogens with zero attached hydrogens (tertiary/aromatic N) is 4. The lowest BCUT2D eigenvalue weighted by Gasteiger charge is -2.31. The summed E-state index contributed by atoms with van der Waals surface area (Å²) in [6, 6.07) is 14.1. The second-order valence-corrected chi connectivity index (χ2v) is 9.10. The zero-order valence-electron chi connectivity index (χ0n) is 18.9. The average Bonchev–Trinajstić information content (AvgIpc) is 3.41. The molecule has 0 bridgehead atoms. The van der Waals surface area contributed by atoms with Gasteiger partial charge in [0.2, 0.25) is 17.7 Å². The smallest absolute Gasteiger partial charge is 0.238 e. The maximum absolute atomic E-state index is 12.3. The fourth-order valence-corrected chi connectivity index (χ4v) is 5.03. The van der Waals surface area contributed by atoms with Crippen molar-refractivity contribution in [3.8, 4) is 17.0 Å². The van der Waals surface area contributed by atoms with Crippen molar-refractivity contribution in [3.63, 3.8) is 0 Å². The van der Waals surface area contributed by atoms with Gasteiger partial charge in [0.1, 0.15) is 18.1 Å². The highest BCUT2D eigenvalue weighted by Crippen LogP contribution is 2.39. The molecule has 0 aliphatic carbocycles. The van der Waals surface area contributed by atoms with Crippen LogP contribution >= 0.6 is 0 Å². The maximum Gasteiger partial charge on any atom is 0.238 e. The number of pyridine rings is 2. The summed E-state index contributed by atoms with van der Waals surface area (Å²) in [5, 5.41) is 3.27. The molecular weight excluding hydrogens is 430 g/mol. The number of rotatable bonds is 4. The van der Waals surface area contributed by atoms with Crippen LogP contribution < -0.4 is 15.0 Å². The molecule has 3 aromatic rings. The third-order valence-electron chi connectivity index (χ3n) is 6.94. The number of likely N-dealkylation sites (N-methyl/N-ethyl adjacent to an activating group) is 1. The Labute approximate surface area is 197 Å². The van der Waals surface area contributed by atoms with Gasteiger partial charge < -0.3 is 19.9 Å². The van der Waals surface area contributed by atoms with Gasteiger partial charge >= 0.3 is 0 Å². The van der Waals surface area contributed by atoms with Crippen LogP contribution in [0.25, 0.3) is 11.1 Å². The summed E-state index contributed by atoms with van der Waals surface area (Å²) in [4.78, 5) is 37.2. The average molecular weight is 456 g/mol. The van der Waals surface area contributed by atoms with E-state index in [9.17, 15) is 9.59 Å². The standard InChI is InChI=1S/C26H25N5O3/c1-30-11-10-21(26(30)33)17-4-2-16(3-5-17)18-6-8-23(27-13-18)29-19-12-22-25(28-14-19)34-15-20-7-9-24(32)31(20)22/h2-6,8,12-14,20-21H,7,9-11,15H2,1H3,(H,27,29)/t20-,21?/m1/s1. The minimum Gasteiger partial charge on any atom is -0.474 e. The van der Waals surface area contributed by atoms with Crippen LogP contribution in [0.5, 0.6) is 5.88 Å². The second-order valence-electron chi connectivity index (χ2n) is 9.10. The van der Waals surface area contributed by atoms with Crippen molar-refractivity contribution >= 4 is 29.0 Å². The zero-order valence-corrected chi connectivity index (χ0v) is 18.9. The third kappa shape index (κ3) is 3.55. The molecule has 172 valence electrons. The molecule has 2 atom stereocenters. The van der Waals surface area contributed by atoms with E-state index in [2.05, 4.69) is 15.3 Å². The number of hydrogen-bond acceptors (Lipinski definition) is 6. The van der Waals surface area contributed by atoms with Gasteiger partial charge in [0.25, 0.3) is 0 Å². The number of ether oxygens (including phenoxy) is 1. The van der Waals surface area contributed by atoms with Gasteiger partial charge in [-0.25, -0.2) is 9.97 Å². The molecule has 2 saturated heterocycles. The Hall–Kier alpha value is -3.94. The number of anilines is 3. The Bertz CT molecular complexity index is 1260. The predicted molar refractivity (Wildman–Crippen MR) is 128 cm³/mol. The molecule has 8 nitrogen and oxygen atoms in total. The van der Waals surface area contributed by atoms with Crippen LogP contribution in [0.3, 0.4) is 0 Å². The molecule has 1 unspecified atom stereocenters. The lowest BCUT2D eigenvalue weighted by molar-refractivity contribution is -0.127.